The Labute approximate surface area is 211 Å². The molecular weight excluding hydrogens is 483 g/mol. The minimum absolute atomic E-state index is 0.0304. The number of hydrogen-bond acceptors (Lipinski definition) is 8. The van der Waals surface area contributed by atoms with Crippen LogP contribution in [0, 0.1) is 12.7 Å². The fraction of sp³-hybridized carbons (Fsp3) is 0.385. The van der Waals surface area contributed by atoms with Crippen LogP contribution in [0.4, 0.5) is 9.18 Å². The van der Waals surface area contributed by atoms with E-state index in [9.17, 15) is 4.79 Å². The van der Waals surface area contributed by atoms with E-state index < -0.39 is 24.1 Å². The van der Waals surface area contributed by atoms with E-state index in [1.54, 1.807) is 19.4 Å². The van der Waals surface area contributed by atoms with Gasteiger partial charge in [-0.3, -0.25) is 0 Å². The first-order chi connectivity index (χ1) is 17.3. The number of carbonyl (C=O) groups is 1. The molecule has 2 aromatic carbocycles. The average Bonchev–Trinajstić information content (AvgIpc) is 3.44. The van der Waals surface area contributed by atoms with Gasteiger partial charge in [-0.25, -0.2) is 24.1 Å². The number of thiazole rings is 1. The molecular formula is C26H27FN4O4S. The molecule has 2 aromatic heterocycles. The Morgan fingerprint density at radius 3 is 2.72 bits per heavy atom. The number of rotatable bonds is 6. The van der Waals surface area contributed by atoms with E-state index in [2.05, 4.69) is 20.3 Å². The molecule has 1 aliphatic carbocycles. The molecule has 1 amide bonds. The van der Waals surface area contributed by atoms with Crippen LogP contribution in [0.3, 0.4) is 0 Å². The number of nitrogens with zero attached hydrogens (tertiary/aromatic N) is 3. The maximum atomic E-state index is 15.0. The first-order valence-electron chi connectivity index (χ1n) is 11.9. The maximum Gasteiger partial charge on any atom is 0.407 e. The zero-order valence-electron chi connectivity index (χ0n) is 20.5. The van der Waals surface area contributed by atoms with Crippen LogP contribution in [0.25, 0.3) is 31.8 Å². The summed E-state index contributed by atoms with van der Waals surface area (Å²) in [6.07, 6.45) is 2.45. The zero-order chi connectivity index (χ0) is 25.4. The summed E-state index contributed by atoms with van der Waals surface area (Å²) >= 11 is 1.43. The number of hydrogen-bond donors (Lipinski definition) is 1. The van der Waals surface area contributed by atoms with Crippen LogP contribution in [0.2, 0.25) is 0 Å². The van der Waals surface area contributed by atoms with Gasteiger partial charge in [0.25, 0.3) is 0 Å². The van der Waals surface area contributed by atoms with Gasteiger partial charge in [-0.15, -0.1) is 11.3 Å². The molecule has 5 rings (SSSR count). The second kappa shape index (κ2) is 9.85. The molecule has 8 nitrogen and oxygen atoms in total. The van der Waals surface area contributed by atoms with Crippen molar-refractivity contribution < 1.29 is 23.4 Å². The molecule has 1 N–H and O–H groups in total. The molecule has 0 bridgehead atoms. The number of nitrogens with one attached hydrogen (secondary N) is 1. The van der Waals surface area contributed by atoms with Gasteiger partial charge in [-0.05, 0) is 57.7 Å². The lowest BCUT2D eigenvalue weighted by molar-refractivity contribution is 0.0321. The number of aryl methyl sites for hydroxylation is 1. The molecule has 1 saturated carbocycles. The van der Waals surface area contributed by atoms with Gasteiger partial charge in [0.1, 0.15) is 17.2 Å². The molecule has 2 atom stereocenters. The fourth-order valence-corrected chi connectivity index (χ4v) is 5.37. The Morgan fingerprint density at radius 2 is 1.94 bits per heavy atom. The van der Waals surface area contributed by atoms with E-state index in [0.717, 1.165) is 22.2 Å². The second-order valence-corrected chi connectivity index (χ2v) is 10.2. The normalized spacial score (nSPS) is 17.6. The molecule has 1 fully saturated rings. The van der Waals surface area contributed by atoms with Crippen molar-refractivity contribution in [2.75, 3.05) is 7.11 Å². The summed E-state index contributed by atoms with van der Waals surface area (Å²) in [6.45, 7) is 5.70. The highest BCUT2D eigenvalue weighted by atomic mass is 32.1. The third kappa shape index (κ3) is 4.90. The van der Waals surface area contributed by atoms with Gasteiger partial charge in [0, 0.05) is 23.7 Å². The lowest BCUT2D eigenvalue weighted by atomic mass is 10.1. The van der Waals surface area contributed by atoms with E-state index in [-0.39, 0.29) is 11.8 Å². The molecule has 0 spiro atoms. The Kier molecular flexibility index (Phi) is 6.61. The molecule has 0 radical (unpaired) electrons. The molecule has 0 aliphatic heterocycles. The van der Waals surface area contributed by atoms with Crippen molar-refractivity contribution in [3.8, 4) is 22.2 Å². The molecule has 0 unspecified atom stereocenters. The molecule has 188 valence electrons. The van der Waals surface area contributed by atoms with Gasteiger partial charge in [-0.1, -0.05) is 0 Å². The van der Waals surface area contributed by atoms with Crippen LogP contribution in [-0.4, -0.2) is 46.4 Å². The van der Waals surface area contributed by atoms with Crippen LogP contribution < -0.4 is 14.8 Å². The summed E-state index contributed by atoms with van der Waals surface area (Å²) in [4.78, 5) is 25.8. The highest BCUT2D eigenvalue weighted by Crippen LogP contribution is 2.38. The van der Waals surface area contributed by atoms with Gasteiger partial charge in [0.15, 0.2) is 11.6 Å². The predicted octanol–water partition coefficient (Wildman–Crippen LogP) is 5.80. The summed E-state index contributed by atoms with van der Waals surface area (Å²) in [5.74, 6) is 0.0550. The van der Waals surface area contributed by atoms with Gasteiger partial charge in [0.05, 0.1) is 34.6 Å². The number of benzene rings is 2. The largest absolute Gasteiger partial charge is 0.483 e. The first-order valence-corrected chi connectivity index (χ1v) is 12.7. The topological polar surface area (TPSA) is 95.5 Å². The minimum Gasteiger partial charge on any atom is -0.483 e. The molecule has 4 aromatic rings. The number of alkyl carbamates (subject to hydrolysis) is 1. The quantitative estimate of drug-likeness (QED) is 0.350. The summed E-state index contributed by atoms with van der Waals surface area (Å²) in [6, 6.07) is 6.96. The van der Waals surface area contributed by atoms with Crippen molar-refractivity contribution >= 4 is 38.7 Å². The van der Waals surface area contributed by atoms with Gasteiger partial charge >= 0.3 is 6.09 Å². The molecule has 0 saturated heterocycles. The van der Waals surface area contributed by atoms with E-state index in [1.807, 2.05) is 32.9 Å². The number of ether oxygens (including phenoxy) is 3. The van der Waals surface area contributed by atoms with Gasteiger partial charge in [-0.2, -0.15) is 0 Å². The minimum atomic E-state index is -0.504. The van der Waals surface area contributed by atoms with Crippen molar-refractivity contribution in [3.63, 3.8) is 0 Å². The van der Waals surface area contributed by atoms with E-state index >= 15 is 4.39 Å². The summed E-state index contributed by atoms with van der Waals surface area (Å²) in [5, 5.41) is 3.43. The summed E-state index contributed by atoms with van der Waals surface area (Å²) < 4.78 is 32.6. The van der Waals surface area contributed by atoms with Gasteiger partial charge < -0.3 is 19.5 Å². The highest BCUT2D eigenvalue weighted by Gasteiger charge is 2.33. The van der Waals surface area contributed by atoms with Crippen molar-refractivity contribution in [1.29, 1.82) is 0 Å². The smallest absolute Gasteiger partial charge is 0.407 e. The zero-order valence-corrected chi connectivity index (χ0v) is 21.3. The molecule has 36 heavy (non-hydrogen) atoms. The van der Waals surface area contributed by atoms with Gasteiger partial charge in [0.2, 0.25) is 5.88 Å². The Bertz CT molecular complexity index is 1440. The molecule has 10 heteroatoms. The fourth-order valence-electron chi connectivity index (χ4n) is 4.38. The number of methoxy groups -OCH3 is 1. The standard InChI is InChI=1S/C26H27FN4O4S/c1-13(2)29-26(32)35-20-7-5-6-19(20)34-21-11-22-17(10-16(21)27)31-25(36-22)15-8-14(3)9-18-24(15)28-12-23(30-18)33-4/h8-13,19-20H,5-7H2,1-4H3,(H,29,32)/t19-,20+/m0/s1. The van der Waals surface area contributed by atoms with E-state index in [1.165, 1.54) is 17.4 Å². The Balaban J connectivity index is 1.44. The summed E-state index contributed by atoms with van der Waals surface area (Å²) in [7, 11) is 1.55. The number of halogens is 1. The Morgan fingerprint density at radius 1 is 1.14 bits per heavy atom. The number of fused-ring (bicyclic) bond motifs is 2. The third-order valence-corrected chi connectivity index (χ3v) is 7.04. The third-order valence-electron chi connectivity index (χ3n) is 5.99. The average molecular weight is 511 g/mol. The van der Waals surface area contributed by atoms with Crippen LogP contribution in [0.5, 0.6) is 11.6 Å². The number of aromatic nitrogens is 3. The van der Waals surface area contributed by atoms with Crippen LogP contribution in [0.1, 0.15) is 38.7 Å². The van der Waals surface area contributed by atoms with Crippen molar-refractivity contribution in [3.05, 3.63) is 41.8 Å². The van der Waals surface area contributed by atoms with Crippen molar-refractivity contribution in [1.82, 2.24) is 20.3 Å². The molecule has 2 heterocycles. The maximum absolute atomic E-state index is 15.0. The van der Waals surface area contributed by atoms with E-state index in [4.69, 9.17) is 14.2 Å². The monoisotopic (exact) mass is 510 g/mol. The molecule has 1 aliphatic rings. The number of carbonyl (C=O) groups excluding carboxylic acids is 1. The lowest BCUT2D eigenvalue weighted by Crippen LogP contribution is -2.38. The van der Waals surface area contributed by atoms with E-state index in [0.29, 0.717) is 40.3 Å². The van der Waals surface area contributed by atoms with Crippen molar-refractivity contribution in [2.24, 2.45) is 0 Å². The lowest BCUT2D eigenvalue weighted by Gasteiger charge is -2.22. The predicted molar refractivity (Wildman–Crippen MR) is 136 cm³/mol. The summed E-state index contributed by atoms with van der Waals surface area (Å²) in [5.41, 5.74) is 3.76. The first kappa shape index (κ1) is 24.2. The number of amides is 1. The Hall–Kier alpha value is -3.53. The second-order valence-electron chi connectivity index (χ2n) is 9.19. The highest BCUT2D eigenvalue weighted by molar-refractivity contribution is 7.21. The van der Waals surface area contributed by atoms with Crippen molar-refractivity contribution in [2.45, 2.75) is 58.3 Å². The van der Waals surface area contributed by atoms with Crippen LogP contribution >= 0.6 is 11.3 Å². The van der Waals surface area contributed by atoms with Crippen LogP contribution in [-0.2, 0) is 4.74 Å². The van der Waals surface area contributed by atoms with Crippen LogP contribution in [0.15, 0.2) is 30.5 Å². The SMILES string of the molecule is COc1cnc2c(-c3nc4cc(F)c(O[C@H]5CCC[C@H]5OC(=O)NC(C)C)cc4s3)cc(C)cc2n1.